The molecule has 70 heavy (non-hydrogen) atoms. The number of hydrogen-bond acceptors (Lipinski definition) is 13. The van der Waals surface area contributed by atoms with Crippen molar-refractivity contribution in [3.63, 3.8) is 0 Å². The monoisotopic (exact) mass is 977 g/mol. The molecular weight excluding hydrogens is 891 g/mol. The first-order valence-corrected chi connectivity index (χ1v) is 25.2. The zero-order chi connectivity index (χ0) is 51.6. The second-order valence-corrected chi connectivity index (χ2v) is 20.3. The molecule has 14 heteroatoms. The van der Waals surface area contributed by atoms with Crippen LogP contribution >= 0.6 is 0 Å². The van der Waals surface area contributed by atoms with Crippen LogP contribution in [0.5, 0.6) is 17.2 Å². The Morgan fingerprint density at radius 2 is 0.957 bits per heavy atom. The number of aliphatic hydroxyl groups excluding tert-OH is 1. The van der Waals surface area contributed by atoms with Crippen LogP contribution in [0.1, 0.15) is 114 Å². The van der Waals surface area contributed by atoms with Crippen LogP contribution in [0.15, 0.2) is 72.8 Å². The van der Waals surface area contributed by atoms with Crippen molar-refractivity contribution < 1.29 is 58.3 Å². The Balaban J connectivity index is 0.000000230. The summed E-state index contributed by atoms with van der Waals surface area (Å²) in [6.45, 7) is 10.1. The molecule has 0 aromatic heterocycles. The minimum Gasteiger partial charge on any atom is -0.497 e. The molecule has 9 unspecified atom stereocenters. The van der Waals surface area contributed by atoms with E-state index in [0.29, 0.717) is 38.6 Å². The normalized spacial score (nSPS) is 27.5. The number of ether oxygens (including phenoxy) is 5. The van der Waals surface area contributed by atoms with Crippen molar-refractivity contribution >= 4 is 18.7 Å². The topological polar surface area (TPSA) is 171 Å². The molecule has 14 nitrogen and oxygen atoms in total. The lowest BCUT2D eigenvalue weighted by Crippen LogP contribution is -2.47. The second-order valence-electron chi connectivity index (χ2n) is 20.3. The van der Waals surface area contributed by atoms with Gasteiger partial charge in [0.1, 0.15) is 55.4 Å². The average molecular weight is 977 g/mol. The van der Waals surface area contributed by atoms with Crippen molar-refractivity contribution in [1.82, 2.24) is 9.80 Å². The third kappa shape index (κ3) is 16.2. The fourth-order valence-electron chi connectivity index (χ4n) is 10.6. The first-order valence-electron chi connectivity index (χ1n) is 25.2. The number of aliphatic hydroxyl groups is 4. The quantitative estimate of drug-likeness (QED) is 0.0570. The Labute approximate surface area is 418 Å². The lowest BCUT2D eigenvalue weighted by atomic mass is 9.70. The van der Waals surface area contributed by atoms with E-state index in [1.807, 2.05) is 126 Å². The van der Waals surface area contributed by atoms with Gasteiger partial charge in [-0.25, -0.2) is 4.58 Å². The van der Waals surface area contributed by atoms with E-state index < -0.39 is 22.9 Å². The summed E-state index contributed by atoms with van der Waals surface area (Å²) in [4.78, 5) is 28.0. The Morgan fingerprint density at radius 3 is 1.29 bits per heavy atom. The molecule has 0 radical (unpaired) electrons. The maximum absolute atomic E-state index is 11.9. The van der Waals surface area contributed by atoms with Crippen LogP contribution in [-0.4, -0.2) is 148 Å². The van der Waals surface area contributed by atoms with E-state index in [4.69, 9.17) is 23.7 Å². The highest BCUT2D eigenvalue weighted by atomic mass is 16.5. The smallest absolute Gasteiger partial charge is 0.306 e. The number of rotatable bonds is 18. The predicted molar refractivity (Wildman–Crippen MR) is 274 cm³/mol. The molecule has 0 bridgehead atoms. The van der Waals surface area contributed by atoms with Crippen LogP contribution in [0.2, 0.25) is 0 Å². The Bertz CT molecular complexity index is 2000. The number of nitrogens with zero attached hydrogens (tertiary/aromatic N) is 3. The van der Waals surface area contributed by atoms with Crippen molar-refractivity contribution in [3.05, 3.63) is 89.5 Å². The fourth-order valence-corrected chi connectivity index (χ4v) is 10.6. The van der Waals surface area contributed by atoms with Gasteiger partial charge in [-0.05, 0) is 133 Å². The van der Waals surface area contributed by atoms with Gasteiger partial charge in [-0.15, -0.1) is 0 Å². The first kappa shape index (κ1) is 58.0. The highest BCUT2D eigenvalue weighted by Crippen LogP contribution is 2.46. The molecule has 6 rings (SSSR count). The minimum absolute atomic E-state index is 0.0560. The van der Waals surface area contributed by atoms with Crippen LogP contribution in [-0.2, 0) is 35.9 Å². The number of esters is 2. The second kappa shape index (κ2) is 27.3. The van der Waals surface area contributed by atoms with Crippen molar-refractivity contribution in [2.45, 2.75) is 132 Å². The van der Waals surface area contributed by atoms with Crippen LogP contribution < -0.4 is 14.2 Å². The molecule has 3 aromatic rings. The predicted octanol–water partition coefficient (Wildman–Crippen LogP) is 7.30. The van der Waals surface area contributed by atoms with Crippen molar-refractivity contribution in [3.8, 4) is 17.2 Å². The molecule has 0 aliphatic heterocycles. The van der Waals surface area contributed by atoms with E-state index in [9.17, 15) is 30.0 Å². The van der Waals surface area contributed by atoms with E-state index in [1.165, 1.54) is 0 Å². The van der Waals surface area contributed by atoms with Gasteiger partial charge in [-0.1, -0.05) is 50.2 Å². The molecule has 3 aliphatic carbocycles. The molecule has 3 aromatic carbocycles. The van der Waals surface area contributed by atoms with E-state index in [1.54, 1.807) is 21.3 Å². The largest absolute Gasteiger partial charge is 0.497 e. The van der Waals surface area contributed by atoms with Gasteiger partial charge in [0.15, 0.2) is 0 Å². The fraction of sp³-hybridized carbons (Fsp3) is 0.625. The third-order valence-corrected chi connectivity index (χ3v) is 14.1. The highest BCUT2D eigenvalue weighted by molar-refractivity contribution is 5.69. The molecule has 0 amide bonds. The maximum atomic E-state index is 11.9. The van der Waals surface area contributed by atoms with Gasteiger partial charge in [-0.3, -0.25) is 9.59 Å². The Morgan fingerprint density at radius 1 is 0.600 bits per heavy atom. The summed E-state index contributed by atoms with van der Waals surface area (Å²) in [5, 5.41) is 44.4. The van der Waals surface area contributed by atoms with Crippen molar-refractivity contribution in [2.24, 2.45) is 17.8 Å². The number of hydrogen-bond donors (Lipinski definition) is 4. The van der Waals surface area contributed by atoms with Gasteiger partial charge >= 0.3 is 11.9 Å². The zero-order valence-corrected chi connectivity index (χ0v) is 43.9. The van der Waals surface area contributed by atoms with E-state index >= 15 is 0 Å². The molecule has 9 atom stereocenters. The summed E-state index contributed by atoms with van der Waals surface area (Å²) in [5.74, 6) is 2.03. The summed E-state index contributed by atoms with van der Waals surface area (Å²) in [6.07, 6.45) is 7.39. The summed E-state index contributed by atoms with van der Waals surface area (Å²) in [7, 11) is 14.8. The molecular formula is C56H86N3O11+. The van der Waals surface area contributed by atoms with Gasteiger partial charge in [0.05, 0.1) is 44.6 Å². The molecule has 3 aliphatic rings. The average Bonchev–Trinajstić information content (AvgIpc) is 3.32. The van der Waals surface area contributed by atoms with E-state index in [2.05, 4.69) is 16.5 Å². The first-order chi connectivity index (χ1) is 33.2. The van der Waals surface area contributed by atoms with Crippen LogP contribution in [0.3, 0.4) is 0 Å². The Kier molecular flexibility index (Phi) is 22.6. The Hall–Kier alpha value is -4.57. The number of methoxy groups -OCH3 is 3. The number of benzene rings is 3. The minimum atomic E-state index is -1.03. The van der Waals surface area contributed by atoms with Gasteiger partial charge < -0.3 is 53.9 Å². The van der Waals surface area contributed by atoms with E-state index in [0.717, 1.165) is 98.4 Å². The zero-order valence-electron chi connectivity index (χ0n) is 43.9. The highest BCUT2D eigenvalue weighted by Gasteiger charge is 2.48. The lowest BCUT2D eigenvalue weighted by molar-refractivity contribution is -0.503. The SMILES string of the molecule is C=[N+](C)CC1CCC(O)CC1(O)c1cccc(OC)c1.CCCC(=O)OC1CCC(CN(C)C)C(O)(c2cccc(OC)c2)C1.CCCC(=O)OC1CCC(CN(C)C)C(O)(c2cccc(OC)c2)C1. The molecule has 3 saturated carbocycles. The molecule has 0 saturated heterocycles. The summed E-state index contributed by atoms with van der Waals surface area (Å²) in [6, 6.07) is 22.7. The van der Waals surface area contributed by atoms with Crippen LogP contribution in [0, 0.1) is 17.8 Å². The van der Waals surface area contributed by atoms with Crippen molar-refractivity contribution in [1.29, 1.82) is 0 Å². The molecule has 390 valence electrons. The van der Waals surface area contributed by atoms with Gasteiger partial charge in [-0.2, -0.15) is 0 Å². The van der Waals surface area contributed by atoms with Crippen LogP contribution in [0.25, 0.3) is 0 Å². The third-order valence-electron chi connectivity index (χ3n) is 14.1. The number of carbonyl (C=O) groups is 2. The van der Waals surface area contributed by atoms with Crippen molar-refractivity contribution in [2.75, 3.05) is 76.2 Å². The summed E-state index contributed by atoms with van der Waals surface area (Å²) < 4.78 is 29.0. The van der Waals surface area contributed by atoms with Gasteiger partial charge in [0.2, 0.25) is 0 Å². The van der Waals surface area contributed by atoms with E-state index in [-0.39, 0.29) is 41.9 Å². The molecule has 0 heterocycles. The maximum Gasteiger partial charge on any atom is 0.306 e. The molecule has 0 spiro atoms. The van der Waals surface area contributed by atoms with Crippen LogP contribution in [0.4, 0.5) is 0 Å². The number of carbonyl (C=O) groups excluding carboxylic acids is 2. The molecule has 3 fully saturated rings. The summed E-state index contributed by atoms with van der Waals surface area (Å²) >= 11 is 0. The standard InChI is InChI=1S/2C20H31NO4.C16H24NO3/c2*1-5-7-19(22)25-18-11-10-16(14-21(2)3)20(23,13-18)15-8-6-9-17(12-15)24-4;1-17(2)11-13-7-8-14(18)10-16(13,19)12-5-4-6-15(9-12)20-3/h2*6,8-9,12,16,18,23H,5,7,10-11,13-14H2,1-4H3;4-6,9,13-14,18-19H,1,7-8,10-11H2,2-3H3/q;;+1. The lowest BCUT2D eigenvalue weighted by Gasteiger charge is -2.44. The van der Waals surface area contributed by atoms with Gasteiger partial charge in [0.25, 0.3) is 0 Å². The summed E-state index contributed by atoms with van der Waals surface area (Å²) in [5.41, 5.74) is -0.632. The van der Waals surface area contributed by atoms with Gasteiger partial charge in [0, 0.05) is 57.0 Å². The molecule has 4 N–H and O–H groups in total.